The first kappa shape index (κ1) is 15.0. The summed E-state index contributed by atoms with van der Waals surface area (Å²) in [6, 6.07) is 7.53. The Morgan fingerprint density at radius 3 is 2.71 bits per heavy atom. The third kappa shape index (κ3) is 3.39. The Balaban J connectivity index is 2.16. The molecule has 6 nitrogen and oxygen atoms in total. The van der Waals surface area contributed by atoms with Crippen molar-refractivity contribution in [2.24, 2.45) is 0 Å². The number of amides is 1. The van der Waals surface area contributed by atoms with Crippen molar-refractivity contribution >= 4 is 22.9 Å². The van der Waals surface area contributed by atoms with Gasteiger partial charge in [-0.15, -0.1) is 0 Å². The summed E-state index contributed by atoms with van der Waals surface area (Å²) in [6.45, 7) is 3.84. The molecule has 1 heterocycles. The molecular weight excluding hydrogens is 270 g/mol. The number of carbonyl (C=O) groups excluding carboxylic acids is 2. The molecule has 0 aliphatic carbocycles. The Morgan fingerprint density at radius 2 is 2.05 bits per heavy atom. The van der Waals surface area contributed by atoms with Gasteiger partial charge in [-0.1, -0.05) is 12.1 Å². The fourth-order valence-corrected chi connectivity index (χ4v) is 2.14. The molecule has 0 aliphatic heterocycles. The predicted octanol–water partition coefficient (Wildman–Crippen LogP) is 1.45. The van der Waals surface area contributed by atoms with Crippen molar-refractivity contribution in [3.8, 4) is 0 Å². The number of para-hydroxylation sites is 2. The quantitative estimate of drug-likeness (QED) is 0.781. The fourth-order valence-electron chi connectivity index (χ4n) is 2.14. The van der Waals surface area contributed by atoms with Crippen molar-refractivity contribution in [2.45, 2.75) is 26.4 Å². The fraction of sp³-hybridized carbons (Fsp3) is 0.400. The normalized spacial score (nSPS) is 10.9. The molecule has 6 heteroatoms. The third-order valence-electron chi connectivity index (χ3n) is 3.30. The Bertz CT molecular complexity index is 648. The van der Waals surface area contributed by atoms with Crippen molar-refractivity contribution < 1.29 is 14.3 Å². The van der Waals surface area contributed by atoms with Crippen LogP contribution in [0.15, 0.2) is 30.6 Å². The lowest BCUT2D eigenvalue weighted by Gasteiger charge is -2.25. The van der Waals surface area contributed by atoms with Gasteiger partial charge in [-0.25, -0.2) is 4.98 Å². The zero-order chi connectivity index (χ0) is 15.4. The van der Waals surface area contributed by atoms with E-state index < -0.39 is 5.97 Å². The van der Waals surface area contributed by atoms with Crippen LogP contribution in [-0.2, 0) is 20.9 Å². The Hall–Kier alpha value is -2.37. The molecule has 0 aliphatic rings. The molecule has 112 valence electrons. The Morgan fingerprint density at radius 1 is 1.33 bits per heavy atom. The number of hydrogen-bond acceptors (Lipinski definition) is 4. The van der Waals surface area contributed by atoms with E-state index in [1.165, 1.54) is 12.0 Å². The minimum Gasteiger partial charge on any atom is -0.468 e. The van der Waals surface area contributed by atoms with E-state index in [-0.39, 0.29) is 25.0 Å². The second-order valence-corrected chi connectivity index (χ2v) is 5.05. The van der Waals surface area contributed by atoms with Gasteiger partial charge in [0.05, 0.1) is 24.5 Å². The predicted molar refractivity (Wildman–Crippen MR) is 78.6 cm³/mol. The summed E-state index contributed by atoms with van der Waals surface area (Å²) in [6.07, 6.45) is 1.64. The van der Waals surface area contributed by atoms with Gasteiger partial charge in [0.25, 0.3) is 0 Å². The van der Waals surface area contributed by atoms with Crippen LogP contribution in [0.3, 0.4) is 0 Å². The van der Waals surface area contributed by atoms with E-state index in [1.807, 2.05) is 38.1 Å². The van der Waals surface area contributed by atoms with Gasteiger partial charge in [-0.2, -0.15) is 0 Å². The summed E-state index contributed by atoms with van der Waals surface area (Å²) >= 11 is 0. The van der Waals surface area contributed by atoms with Crippen LogP contribution in [0.5, 0.6) is 0 Å². The highest BCUT2D eigenvalue weighted by molar-refractivity contribution is 5.84. The first-order valence-corrected chi connectivity index (χ1v) is 6.79. The van der Waals surface area contributed by atoms with E-state index in [1.54, 1.807) is 10.9 Å². The van der Waals surface area contributed by atoms with Gasteiger partial charge in [0, 0.05) is 6.04 Å². The van der Waals surface area contributed by atoms with Crippen LogP contribution in [0.2, 0.25) is 0 Å². The van der Waals surface area contributed by atoms with Gasteiger partial charge in [-0.05, 0) is 26.0 Å². The number of methoxy groups -OCH3 is 1. The highest BCUT2D eigenvalue weighted by Crippen LogP contribution is 2.12. The number of ether oxygens (including phenoxy) is 1. The SMILES string of the molecule is COC(=O)CN(C(=O)Cn1cnc2ccccc21)C(C)C. The molecule has 0 saturated carbocycles. The van der Waals surface area contributed by atoms with Gasteiger partial charge in [0.1, 0.15) is 13.1 Å². The van der Waals surface area contributed by atoms with Gasteiger partial charge in [0.15, 0.2) is 0 Å². The van der Waals surface area contributed by atoms with Crippen LogP contribution in [0.25, 0.3) is 11.0 Å². The second kappa shape index (κ2) is 6.39. The molecule has 21 heavy (non-hydrogen) atoms. The van der Waals surface area contributed by atoms with Gasteiger partial charge in [-0.3, -0.25) is 9.59 Å². The van der Waals surface area contributed by atoms with Gasteiger partial charge in [0.2, 0.25) is 5.91 Å². The van der Waals surface area contributed by atoms with Crippen LogP contribution < -0.4 is 0 Å². The molecular formula is C15H19N3O3. The number of esters is 1. The molecule has 2 rings (SSSR count). The molecule has 1 aromatic heterocycles. The molecule has 0 atom stereocenters. The summed E-state index contributed by atoms with van der Waals surface area (Å²) in [5, 5.41) is 0. The van der Waals surface area contributed by atoms with Crippen molar-refractivity contribution in [3.63, 3.8) is 0 Å². The highest BCUT2D eigenvalue weighted by atomic mass is 16.5. The van der Waals surface area contributed by atoms with E-state index in [0.717, 1.165) is 11.0 Å². The number of hydrogen-bond donors (Lipinski definition) is 0. The molecule has 2 aromatic rings. The topological polar surface area (TPSA) is 64.4 Å². The first-order valence-electron chi connectivity index (χ1n) is 6.79. The highest BCUT2D eigenvalue weighted by Gasteiger charge is 2.21. The van der Waals surface area contributed by atoms with Crippen LogP contribution >= 0.6 is 0 Å². The number of nitrogens with zero attached hydrogens (tertiary/aromatic N) is 3. The van der Waals surface area contributed by atoms with E-state index in [0.29, 0.717) is 0 Å². The molecule has 0 fully saturated rings. The molecule has 1 aromatic carbocycles. The van der Waals surface area contributed by atoms with E-state index in [4.69, 9.17) is 0 Å². The largest absolute Gasteiger partial charge is 0.468 e. The molecule has 0 bridgehead atoms. The van der Waals surface area contributed by atoms with Crippen LogP contribution in [0, 0.1) is 0 Å². The number of benzene rings is 1. The lowest BCUT2D eigenvalue weighted by molar-refractivity contribution is -0.148. The summed E-state index contributed by atoms with van der Waals surface area (Å²) < 4.78 is 6.42. The zero-order valence-electron chi connectivity index (χ0n) is 12.4. The lowest BCUT2D eigenvalue weighted by Crippen LogP contribution is -2.42. The average molecular weight is 289 g/mol. The van der Waals surface area contributed by atoms with Crippen LogP contribution in [0.4, 0.5) is 0 Å². The summed E-state index contributed by atoms with van der Waals surface area (Å²) in [7, 11) is 1.31. The van der Waals surface area contributed by atoms with Crippen LogP contribution in [0.1, 0.15) is 13.8 Å². The maximum atomic E-state index is 12.4. The second-order valence-electron chi connectivity index (χ2n) is 5.05. The summed E-state index contributed by atoms with van der Waals surface area (Å²) in [5.41, 5.74) is 1.74. The standard InChI is InChI=1S/C15H19N3O3/c1-11(2)18(9-15(20)21-3)14(19)8-17-10-16-12-6-4-5-7-13(12)17/h4-7,10-11H,8-9H2,1-3H3. The minimum absolute atomic E-state index is 0.0420. The molecule has 0 saturated heterocycles. The maximum absolute atomic E-state index is 12.4. The van der Waals surface area contributed by atoms with Crippen LogP contribution in [-0.4, -0.2) is 46.0 Å². The number of carbonyl (C=O) groups is 2. The van der Waals surface area contributed by atoms with Gasteiger partial charge >= 0.3 is 5.97 Å². The smallest absolute Gasteiger partial charge is 0.325 e. The van der Waals surface area contributed by atoms with E-state index >= 15 is 0 Å². The first-order chi connectivity index (χ1) is 10.0. The number of fused-ring (bicyclic) bond motifs is 1. The molecule has 0 N–H and O–H groups in total. The van der Waals surface area contributed by atoms with Gasteiger partial charge < -0.3 is 14.2 Å². The molecule has 1 amide bonds. The monoisotopic (exact) mass is 289 g/mol. The summed E-state index contributed by atoms with van der Waals surface area (Å²) in [4.78, 5) is 29.6. The Labute approximate surface area is 123 Å². The van der Waals surface area contributed by atoms with Crippen molar-refractivity contribution in [1.82, 2.24) is 14.5 Å². The Kier molecular flexibility index (Phi) is 4.57. The average Bonchev–Trinajstić information content (AvgIpc) is 2.87. The third-order valence-corrected chi connectivity index (χ3v) is 3.30. The minimum atomic E-state index is -0.424. The number of rotatable bonds is 5. The van der Waals surface area contributed by atoms with Crippen molar-refractivity contribution in [2.75, 3.05) is 13.7 Å². The zero-order valence-corrected chi connectivity index (χ0v) is 12.4. The molecule has 0 spiro atoms. The van der Waals surface area contributed by atoms with E-state index in [9.17, 15) is 9.59 Å². The lowest BCUT2D eigenvalue weighted by atomic mass is 10.3. The van der Waals surface area contributed by atoms with Crippen molar-refractivity contribution in [1.29, 1.82) is 0 Å². The number of aromatic nitrogens is 2. The molecule has 0 radical (unpaired) electrons. The van der Waals surface area contributed by atoms with E-state index in [2.05, 4.69) is 9.72 Å². The molecule has 0 unspecified atom stereocenters. The number of imidazole rings is 1. The summed E-state index contributed by atoms with van der Waals surface area (Å²) in [5.74, 6) is -0.564. The maximum Gasteiger partial charge on any atom is 0.325 e. The van der Waals surface area contributed by atoms with Crippen molar-refractivity contribution in [3.05, 3.63) is 30.6 Å².